The first-order valence-corrected chi connectivity index (χ1v) is 10.9. The van der Waals surface area contributed by atoms with E-state index in [9.17, 15) is 9.59 Å². The Kier molecular flexibility index (Phi) is 8.03. The number of carbonyl (C=O) groups excluding carboxylic acids is 2. The maximum atomic E-state index is 12.6. The van der Waals surface area contributed by atoms with E-state index >= 15 is 0 Å². The summed E-state index contributed by atoms with van der Waals surface area (Å²) in [4.78, 5) is 39.3. The summed E-state index contributed by atoms with van der Waals surface area (Å²) in [6.45, 7) is 3.09. The molecule has 0 aliphatic carbocycles. The van der Waals surface area contributed by atoms with Crippen molar-refractivity contribution in [2.24, 2.45) is 5.92 Å². The fraction of sp³-hybridized carbons (Fsp3) is 0.333. The number of hydrogen-bond donors (Lipinski definition) is 2. The second kappa shape index (κ2) is 11.1. The SMILES string of the molecule is CCc1nnc(N2CC(C(=O)NCc3nccn3Cc3ccccc3)CC2=O)s1.O=CO. The first-order chi connectivity index (χ1) is 15.5. The molecule has 11 heteroatoms. The minimum absolute atomic E-state index is 0.0884. The molecular formula is C21H24N6O4S. The largest absolute Gasteiger partial charge is 0.483 e. The van der Waals surface area contributed by atoms with Gasteiger partial charge in [-0.3, -0.25) is 19.3 Å². The number of hydrogen-bond acceptors (Lipinski definition) is 7. The molecule has 1 fully saturated rings. The van der Waals surface area contributed by atoms with Crippen LogP contribution >= 0.6 is 11.3 Å². The lowest BCUT2D eigenvalue weighted by atomic mass is 10.1. The van der Waals surface area contributed by atoms with E-state index in [0.717, 1.165) is 17.3 Å². The van der Waals surface area contributed by atoms with Crippen LogP contribution in [0.4, 0.5) is 5.13 Å². The van der Waals surface area contributed by atoms with Crippen LogP contribution in [0.1, 0.15) is 29.7 Å². The molecule has 1 unspecified atom stereocenters. The molecule has 10 nitrogen and oxygen atoms in total. The van der Waals surface area contributed by atoms with Crippen molar-refractivity contribution >= 4 is 34.8 Å². The molecule has 3 aromatic rings. The molecule has 0 bridgehead atoms. The Bertz CT molecular complexity index is 1050. The zero-order chi connectivity index (χ0) is 22.9. The molecule has 32 heavy (non-hydrogen) atoms. The van der Waals surface area contributed by atoms with Crippen LogP contribution in [0.15, 0.2) is 42.7 Å². The van der Waals surface area contributed by atoms with E-state index in [2.05, 4.69) is 32.6 Å². The molecule has 168 valence electrons. The Hall–Kier alpha value is -3.60. The van der Waals surface area contributed by atoms with Crippen molar-refractivity contribution in [3.63, 3.8) is 0 Å². The highest BCUT2D eigenvalue weighted by molar-refractivity contribution is 7.15. The molecule has 3 heterocycles. The Morgan fingerprint density at radius 2 is 2.06 bits per heavy atom. The molecule has 2 amide bonds. The molecule has 1 atom stereocenters. The molecule has 0 saturated carbocycles. The van der Waals surface area contributed by atoms with Gasteiger partial charge in [0.25, 0.3) is 6.47 Å². The number of carbonyl (C=O) groups is 3. The third-order valence-electron chi connectivity index (χ3n) is 4.90. The van der Waals surface area contributed by atoms with Gasteiger partial charge in [-0.25, -0.2) is 4.98 Å². The zero-order valence-electron chi connectivity index (χ0n) is 17.5. The van der Waals surface area contributed by atoms with E-state index in [1.54, 1.807) is 11.1 Å². The predicted octanol–water partition coefficient (Wildman–Crippen LogP) is 1.72. The van der Waals surface area contributed by atoms with Gasteiger partial charge >= 0.3 is 0 Å². The number of anilines is 1. The van der Waals surface area contributed by atoms with Gasteiger partial charge in [0.2, 0.25) is 16.9 Å². The quantitative estimate of drug-likeness (QED) is 0.518. The molecule has 0 spiro atoms. The number of imidazole rings is 1. The Balaban J connectivity index is 0.000000913. The summed E-state index contributed by atoms with van der Waals surface area (Å²) < 4.78 is 2.01. The van der Waals surface area contributed by atoms with Crippen molar-refractivity contribution in [2.75, 3.05) is 11.4 Å². The van der Waals surface area contributed by atoms with Crippen molar-refractivity contribution in [2.45, 2.75) is 32.9 Å². The van der Waals surface area contributed by atoms with Crippen molar-refractivity contribution < 1.29 is 19.5 Å². The van der Waals surface area contributed by atoms with Crippen LogP contribution in [0.3, 0.4) is 0 Å². The number of rotatable bonds is 7. The van der Waals surface area contributed by atoms with Crippen LogP contribution in [0.5, 0.6) is 0 Å². The van der Waals surface area contributed by atoms with E-state index in [0.29, 0.717) is 24.8 Å². The molecule has 0 radical (unpaired) electrons. The summed E-state index contributed by atoms with van der Waals surface area (Å²) in [6, 6.07) is 10.1. The molecule has 4 rings (SSSR count). The van der Waals surface area contributed by atoms with Crippen molar-refractivity contribution in [3.05, 3.63) is 59.1 Å². The molecule has 1 aromatic carbocycles. The number of amides is 2. The summed E-state index contributed by atoms with van der Waals surface area (Å²) in [5.41, 5.74) is 1.17. The van der Waals surface area contributed by atoms with Gasteiger partial charge in [0.05, 0.1) is 12.5 Å². The number of nitrogens with one attached hydrogen (secondary N) is 1. The lowest BCUT2D eigenvalue weighted by molar-refractivity contribution is -0.126. The Morgan fingerprint density at radius 3 is 2.75 bits per heavy atom. The minimum atomic E-state index is -0.394. The summed E-state index contributed by atoms with van der Waals surface area (Å²) in [7, 11) is 0. The summed E-state index contributed by atoms with van der Waals surface area (Å²) in [6.07, 6.45) is 4.59. The highest BCUT2D eigenvalue weighted by Gasteiger charge is 2.36. The summed E-state index contributed by atoms with van der Waals surface area (Å²) in [5, 5.41) is 19.4. The van der Waals surface area contributed by atoms with E-state index in [-0.39, 0.29) is 24.7 Å². The molecular weight excluding hydrogens is 432 g/mol. The molecule has 1 aliphatic heterocycles. The number of aromatic nitrogens is 4. The highest BCUT2D eigenvalue weighted by Crippen LogP contribution is 2.28. The van der Waals surface area contributed by atoms with Gasteiger partial charge in [0.15, 0.2) is 0 Å². The van der Waals surface area contributed by atoms with Gasteiger partial charge in [-0.05, 0) is 12.0 Å². The van der Waals surface area contributed by atoms with E-state index in [1.165, 1.54) is 16.9 Å². The van der Waals surface area contributed by atoms with Crippen LogP contribution in [0.2, 0.25) is 0 Å². The number of carboxylic acid groups (broad SMARTS) is 1. The van der Waals surface area contributed by atoms with Crippen molar-refractivity contribution in [1.82, 2.24) is 25.1 Å². The fourth-order valence-electron chi connectivity index (χ4n) is 3.31. The van der Waals surface area contributed by atoms with Gasteiger partial charge in [-0.15, -0.1) is 10.2 Å². The van der Waals surface area contributed by atoms with E-state index < -0.39 is 5.92 Å². The zero-order valence-corrected chi connectivity index (χ0v) is 18.4. The normalized spacial score (nSPS) is 15.2. The van der Waals surface area contributed by atoms with Gasteiger partial charge in [0.1, 0.15) is 10.8 Å². The maximum absolute atomic E-state index is 12.6. The highest BCUT2D eigenvalue weighted by atomic mass is 32.1. The van der Waals surface area contributed by atoms with Gasteiger partial charge in [-0.2, -0.15) is 0 Å². The monoisotopic (exact) mass is 456 g/mol. The second-order valence-corrected chi connectivity index (χ2v) is 8.06. The van der Waals surface area contributed by atoms with Crippen molar-refractivity contribution in [3.8, 4) is 0 Å². The predicted molar refractivity (Wildman–Crippen MR) is 118 cm³/mol. The molecule has 1 saturated heterocycles. The van der Waals surface area contributed by atoms with Crippen LogP contribution in [-0.4, -0.2) is 49.7 Å². The lowest BCUT2D eigenvalue weighted by Gasteiger charge is -2.13. The van der Waals surface area contributed by atoms with Crippen molar-refractivity contribution in [1.29, 1.82) is 0 Å². The van der Waals surface area contributed by atoms with E-state index in [4.69, 9.17) is 9.90 Å². The average molecular weight is 457 g/mol. The Morgan fingerprint density at radius 1 is 1.31 bits per heavy atom. The first-order valence-electron chi connectivity index (χ1n) is 10.1. The van der Waals surface area contributed by atoms with Gasteiger partial charge in [0, 0.05) is 31.9 Å². The molecule has 2 aromatic heterocycles. The number of nitrogens with zero attached hydrogens (tertiary/aromatic N) is 5. The van der Waals surface area contributed by atoms with Gasteiger partial charge in [-0.1, -0.05) is 48.6 Å². The standard InChI is InChI=1S/C20H22N6O2S.CH2O2/c1-2-17-23-24-20(29-17)26-13-15(10-18(26)27)19(28)22-11-16-21-8-9-25(16)12-14-6-4-3-5-7-14;2-1-3/h3-9,15H,2,10-13H2,1H3,(H,22,28);1H,(H,2,3). The smallest absolute Gasteiger partial charge is 0.290 e. The third-order valence-corrected chi connectivity index (χ3v) is 5.99. The third kappa shape index (κ3) is 5.76. The number of benzene rings is 1. The molecule has 1 aliphatic rings. The minimum Gasteiger partial charge on any atom is -0.483 e. The lowest BCUT2D eigenvalue weighted by Crippen LogP contribution is -2.33. The summed E-state index contributed by atoms with van der Waals surface area (Å²) >= 11 is 1.40. The van der Waals surface area contributed by atoms with Gasteiger partial charge < -0.3 is 15.0 Å². The molecule has 2 N–H and O–H groups in total. The summed E-state index contributed by atoms with van der Waals surface area (Å²) in [5.74, 6) is 0.152. The van der Waals surface area contributed by atoms with Crippen LogP contribution in [0.25, 0.3) is 0 Å². The topological polar surface area (TPSA) is 130 Å². The maximum Gasteiger partial charge on any atom is 0.290 e. The van der Waals surface area contributed by atoms with Crippen LogP contribution in [0, 0.1) is 5.92 Å². The fourth-order valence-corrected chi connectivity index (χ4v) is 4.11. The van der Waals surface area contributed by atoms with E-state index in [1.807, 2.05) is 35.9 Å². The number of aryl methyl sites for hydroxylation is 1. The first kappa shape index (κ1) is 23.1. The van der Waals surface area contributed by atoms with Crippen LogP contribution in [-0.2, 0) is 33.9 Å². The van der Waals surface area contributed by atoms with Crippen LogP contribution < -0.4 is 10.2 Å². The average Bonchev–Trinajstić information content (AvgIpc) is 3.53. The Labute approximate surface area is 188 Å². The second-order valence-electron chi connectivity index (χ2n) is 7.02.